The molecule has 1 atom stereocenters. The molecule has 0 spiro atoms. The van der Waals surface area contributed by atoms with Gasteiger partial charge in [0.25, 0.3) is 0 Å². The summed E-state index contributed by atoms with van der Waals surface area (Å²) in [5, 5.41) is 13.2. The van der Waals surface area contributed by atoms with Gasteiger partial charge in [0.1, 0.15) is 5.41 Å². The highest BCUT2D eigenvalue weighted by atomic mass is 79.9. The molecule has 0 aromatic carbocycles. The van der Waals surface area contributed by atoms with Gasteiger partial charge in [-0.25, -0.2) is 0 Å². The number of carbonyl (C=O) groups is 2. The van der Waals surface area contributed by atoms with Crippen LogP contribution >= 0.6 is 15.9 Å². The van der Waals surface area contributed by atoms with Crippen molar-refractivity contribution in [3.8, 4) is 0 Å². The molecule has 0 fully saturated rings. The number of amides is 1. The van der Waals surface area contributed by atoms with Crippen LogP contribution in [0.15, 0.2) is 4.47 Å². The van der Waals surface area contributed by atoms with Gasteiger partial charge in [-0.05, 0) is 29.8 Å². The largest absolute Gasteiger partial charge is 0.480 e. The number of aryl methyl sites for hydroxylation is 2. The minimum atomic E-state index is -1.64. The number of nitrogens with zero attached hydrogens (tertiary/aromatic N) is 2. The van der Waals surface area contributed by atoms with Crippen LogP contribution in [-0.2, 0) is 23.1 Å². The number of hydrogen-bond acceptors (Lipinski definition) is 3. The molecule has 94 valence electrons. The fraction of sp³-hybridized carbons (Fsp3) is 0.500. The fourth-order valence-electron chi connectivity index (χ4n) is 1.48. The Labute approximate surface area is 107 Å². The van der Waals surface area contributed by atoms with Crippen LogP contribution in [0.25, 0.3) is 0 Å². The van der Waals surface area contributed by atoms with E-state index in [1.54, 1.807) is 18.7 Å². The van der Waals surface area contributed by atoms with Gasteiger partial charge >= 0.3 is 5.97 Å². The van der Waals surface area contributed by atoms with Crippen molar-refractivity contribution in [2.75, 3.05) is 0 Å². The second-order valence-electron chi connectivity index (χ2n) is 4.15. The van der Waals surface area contributed by atoms with E-state index in [0.717, 1.165) is 5.69 Å². The van der Waals surface area contributed by atoms with Crippen LogP contribution in [0, 0.1) is 12.3 Å². The quantitative estimate of drug-likeness (QED) is 0.796. The van der Waals surface area contributed by atoms with Crippen molar-refractivity contribution < 1.29 is 14.7 Å². The highest BCUT2D eigenvalue weighted by Gasteiger charge is 2.41. The molecule has 1 aromatic heterocycles. The Morgan fingerprint density at radius 3 is 2.41 bits per heavy atom. The van der Waals surface area contributed by atoms with Crippen molar-refractivity contribution in [3.05, 3.63) is 15.9 Å². The zero-order chi connectivity index (χ0) is 13.4. The third kappa shape index (κ3) is 2.33. The van der Waals surface area contributed by atoms with Gasteiger partial charge in [-0.3, -0.25) is 14.3 Å². The first-order valence-corrected chi connectivity index (χ1v) is 5.70. The molecule has 1 rings (SSSR count). The third-order valence-corrected chi connectivity index (χ3v) is 3.83. The Balaban J connectivity index is 3.20. The maximum Gasteiger partial charge on any atom is 0.319 e. The summed E-state index contributed by atoms with van der Waals surface area (Å²) in [6.45, 7) is 3.10. The van der Waals surface area contributed by atoms with E-state index in [0.29, 0.717) is 10.2 Å². The summed E-state index contributed by atoms with van der Waals surface area (Å²) in [7, 11) is 1.69. The summed E-state index contributed by atoms with van der Waals surface area (Å²) in [5.74, 6) is -2.11. The summed E-state index contributed by atoms with van der Waals surface area (Å²) in [4.78, 5) is 22.4. The number of carbonyl (C=O) groups excluding carboxylic acids is 1. The molecule has 0 bridgehead atoms. The molecule has 6 nitrogen and oxygen atoms in total. The summed E-state index contributed by atoms with van der Waals surface area (Å²) in [5.41, 5.74) is 4.89. The minimum absolute atomic E-state index is 0.00438. The highest BCUT2D eigenvalue weighted by molar-refractivity contribution is 9.10. The number of nitrogens with two attached hydrogens (primary N) is 1. The summed E-state index contributed by atoms with van der Waals surface area (Å²) in [6.07, 6.45) is -0.00438. The molecule has 17 heavy (non-hydrogen) atoms. The van der Waals surface area contributed by atoms with Crippen LogP contribution in [0.2, 0.25) is 0 Å². The Morgan fingerprint density at radius 2 is 2.12 bits per heavy atom. The topological polar surface area (TPSA) is 98.2 Å². The van der Waals surface area contributed by atoms with Gasteiger partial charge in [0.15, 0.2) is 0 Å². The first-order valence-electron chi connectivity index (χ1n) is 4.91. The lowest BCUT2D eigenvalue weighted by atomic mass is 9.84. The lowest BCUT2D eigenvalue weighted by Gasteiger charge is -2.20. The van der Waals surface area contributed by atoms with E-state index in [9.17, 15) is 9.59 Å². The fourth-order valence-corrected chi connectivity index (χ4v) is 1.95. The van der Waals surface area contributed by atoms with Crippen LogP contribution in [0.5, 0.6) is 0 Å². The van der Waals surface area contributed by atoms with Crippen molar-refractivity contribution in [3.63, 3.8) is 0 Å². The number of carboxylic acids is 1. The maximum atomic E-state index is 11.3. The average Bonchev–Trinajstić information content (AvgIpc) is 2.44. The van der Waals surface area contributed by atoms with Gasteiger partial charge < -0.3 is 10.8 Å². The molecule has 1 amide bonds. The van der Waals surface area contributed by atoms with E-state index < -0.39 is 17.3 Å². The van der Waals surface area contributed by atoms with Crippen LogP contribution in [-0.4, -0.2) is 26.8 Å². The average molecular weight is 304 g/mol. The third-order valence-electron chi connectivity index (χ3n) is 2.80. The molecule has 0 aliphatic rings. The van der Waals surface area contributed by atoms with E-state index >= 15 is 0 Å². The van der Waals surface area contributed by atoms with Crippen LogP contribution < -0.4 is 5.73 Å². The van der Waals surface area contributed by atoms with Gasteiger partial charge in [-0.2, -0.15) is 5.10 Å². The van der Waals surface area contributed by atoms with E-state index in [1.807, 2.05) is 0 Å². The standard InChI is InChI=1S/C10H14BrN3O3/c1-5-7(11)6(14(3)13-5)4-10(2,8(12)15)9(16)17/h4H2,1-3H3,(H2,12,15)(H,16,17). The molecular weight excluding hydrogens is 290 g/mol. The number of primary amides is 1. The molecule has 0 saturated carbocycles. The van der Waals surface area contributed by atoms with Crippen LogP contribution in [0.4, 0.5) is 0 Å². The lowest BCUT2D eigenvalue weighted by Crippen LogP contribution is -2.43. The normalized spacial score (nSPS) is 14.4. The SMILES string of the molecule is Cc1nn(C)c(CC(C)(C(N)=O)C(=O)O)c1Br. The Bertz CT molecular complexity index is 467. The highest BCUT2D eigenvalue weighted by Crippen LogP contribution is 2.28. The Hall–Kier alpha value is -1.37. The van der Waals surface area contributed by atoms with Gasteiger partial charge in [0.2, 0.25) is 5.91 Å². The van der Waals surface area contributed by atoms with Gasteiger partial charge in [0.05, 0.1) is 15.9 Å². The predicted molar refractivity (Wildman–Crippen MR) is 64.3 cm³/mol. The van der Waals surface area contributed by atoms with Gasteiger partial charge in [0, 0.05) is 13.5 Å². The molecule has 0 radical (unpaired) electrons. The van der Waals surface area contributed by atoms with E-state index in [2.05, 4.69) is 21.0 Å². The Kier molecular flexibility index (Phi) is 3.61. The van der Waals surface area contributed by atoms with Crippen molar-refractivity contribution in [1.29, 1.82) is 0 Å². The second kappa shape index (κ2) is 4.48. The lowest BCUT2D eigenvalue weighted by molar-refractivity contribution is -0.153. The number of rotatable bonds is 4. The number of hydrogen-bond donors (Lipinski definition) is 2. The minimum Gasteiger partial charge on any atom is -0.480 e. The number of aliphatic carboxylic acids is 1. The first kappa shape index (κ1) is 13.7. The monoisotopic (exact) mass is 303 g/mol. The zero-order valence-electron chi connectivity index (χ0n) is 9.82. The predicted octanol–water partition coefficient (Wildman–Crippen LogP) is 0.610. The van der Waals surface area contributed by atoms with E-state index in [1.165, 1.54) is 6.92 Å². The van der Waals surface area contributed by atoms with Gasteiger partial charge in [-0.1, -0.05) is 0 Å². The molecule has 1 heterocycles. The zero-order valence-corrected chi connectivity index (χ0v) is 11.4. The molecule has 3 N–H and O–H groups in total. The molecule has 7 heteroatoms. The molecular formula is C10H14BrN3O3. The first-order chi connectivity index (χ1) is 7.70. The van der Waals surface area contributed by atoms with Crippen molar-refractivity contribution in [1.82, 2.24) is 9.78 Å². The van der Waals surface area contributed by atoms with Crippen molar-refractivity contribution in [2.24, 2.45) is 18.2 Å². The summed E-state index contributed by atoms with van der Waals surface area (Å²) < 4.78 is 2.25. The smallest absolute Gasteiger partial charge is 0.319 e. The number of halogens is 1. The van der Waals surface area contributed by atoms with Crippen LogP contribution in [0.3, 0.4) is 0 Å². The number of carboxylic acid groups (broad SMARTS) is 1. The summed E-state index contributed by atoms with van der Waals surface area (Å²) >= 11 is 3.32. The van der Waals surface area contributed by atoms with E-state index in [-0.39, 0.29) is 6.42 Å². The molecule has 0 saturated heterocycles. The van der Waals surface area contributed by atoms with Gasteiger partial charge in [-0.15, -0.1) is 0 Å². The molecule has 0 aliphatic carbocycles. The molecule has 1 unspecified atom stereocenters. The second-order valence-corrected chi connectivity index (χ2v) is 4.94. The van der Waals surface area contributed by atoms with E-state index in [4.69, 9.17) is 10.8 Å². The number of aromatic nitrogens is 2. The molecule has 0 aliphatic heterocycles. The molecule has 1 aromatic rings. The maximum absolute atomic E-state index is 11.3. The van der Waals surface area contributed by atoms with Crippen molar-refractivity contribution >= 4 is 27.8 Å². The van der Waals surface area contributed by atoms with Crippen LogP contribution in [0.1, 0.15) is 18.3 Å². The summed E-state index contributed by atoms with van der Waals surface area (Å²) in [6, 6.07) is 0. The van der Waals surface area contributed by atoms with Crippen molar-refractivity contribution in [2.45, 2.75) is 20.3 Å². The Morgan fingerprint density at radius 1 is 1.59 bits per heavy atom.